The van der Waals surface area contributed by atoms with E-state index in [0.717, 1.165) is 12.2 Å². The summed E-state index contributed by atoms with van der Waals surface area (Å²) in [6.07, 6.45) is 3.56. The number of H-pyrrole nitrogens is 1. The zero-order valence-electron chi connectivity index (χ0n) is 12.8. The van der Waals surface area contributed by atoms with Gasteiger partial charge in [-0.2, -0.15) is 5.10 Å². The van der Waals surface area contributed by atoms with Gasteiger partial charge in [0, 0.05) is 32.3 Å². The van der Waals surface area contributed by atoms with Crippen LogP contribution in [0, 0.1) is 5.82 Å². The number of pyridine rings is 1. The van der Waals surface area contributed by atoms with Crippen LogP contribution < -0.4 is 0 Å². The second kappa shape index (κ2) is 6.82. The minimum absolute atomic E-state index is 0.0666. The Morgan fingerprint density at radius 3 is 3.13 bits per heavy atom. The van der Waals surface area contributed by atoms with Crippen molar-refractivity contribution < 1.29 is 13.9 Å². The topological polar surface area (TPSA) is 84.0 Å². The molecule has 122 valence electrons. The summed E-state index contributed by atoms with van der Waals surface area (Å²) < 4.78 is 19.3. The number of nitrogens with zero attached hydrogens (tertiary/aromatic N) is 4. The maximum absolute atomic E-state index is 13.6. The highest BCUT2D eigenvalue weighted by Gasteiger charge is 2.33. The number of ether oxygens (including phenoxy) is 1. The molecule has 1 N–H and O–H groups in total. The summed E-state index contributed by atoms with van der Waals surface area (Å²) in [6.45, 7) is 1.03. The Kier molecular flexibility index (Phi) is 4.61. The SMILES string of the molecule is CN(C[C@H]1OCC[C@H]1c1ncn[nH]1)C(=O)Cc1ncccc1F. The Morgan fingerprint density at radius 2 is 2.39 bits per heavy atom. The average Bonchev–Trinajstić information content (AvgIpc) is 3.20. The van der Waals surface area contributed by atoms with Gasteiger partial charge in [-0.25, -0.2) is 9.37 Å². The molecule has 0 saturated carbocycles. The Labute approximate surface area is 132 Å². The zero-order chi connectivity index (χ0) is 16.2. The lowest BCUT2D eigenvalue weighted by molar-refractivity contribution is -0.130. The fourth-order valence-corrected chi connectivity index (χ4v) is 2.73. The van der Waals surface area contributed by atoms with Crippen LogP contribution in [0.2, 0.25) is 0 Å². The maximum Gasteiger partial charge on any atom is 0.228 e. The summed E-state index contributed by atoms with van der Waals surface area (Å²) in [5.74, 6) is 0.184. The summed E-state index contributed by atoms with van der Waals surface area (Å²) in [6, 6.07) is 2.80. The number of aromatic amines is 1. The van der Waals surface area contributed by atoms with Gasteiger partial charge in [-0.15, -0.1) is 0 Å². The van der Waals surface area contributed by atoms with Crippen LogP contribution in [0.1, 0.15) is 23.9 Å². The lowest BCUT2D eigenvalue weighted by Crippen LogP contribution is -2.37. The largest absolute Gasteiger partial charge is 0.376 e. The molecule has 1 fully saturated rings. The molecule has 3 heterocycles. The second-order valence-corrected chi connectivity index (χ2v) is 5.56. The molecule has 1 amide bonds. The lowest BCUT2D eigenvalue weighted by Gasteiger charge is -2.24. The van der Waals surface area contributed by atoms with Crippen LogP contribution in [-0.2, 0) is 16.0 Å². The third kappa shape index (κ3) is 3.53. The lowest BCUT2D eigenvalue weighted by atomic mass is 10.0. The molecule has 1 saturated heterocycles. The molecule has 1 aliphatic heterocycles. The van der Waals surface area contributed by atoms with Gasteiger partial charge in [0.1, 0.15) is 18.0 Å². The van der Waals surface area contributed by atoms with E-state index in [9.17, 15) is 9.18 Å². The standard InChI is InChI=1S/C15H18FN5O2/c1-21(14(22)7-12-11(16)3-2-5-17-12)8-13-10(4-6-23-13)15-18-9-19-20-15/h2-3,5,9-10,13H,4,6-8H2,1H3,(H,18,19,20)/t10-,13-/m1/s1. The first-order valence-electron chi connectivity index (χ1n) is 7.45. The smallest absolute Gasteiger partial charge is 0.228 e. The molecular formula is C15H18FN5O2. The quantitative estimate of drug-likeness (QED) is 0.885. The van der Waals surface area contributed by atoms with Crippen molar-refractivity contribution in [2.75, 3.05) is 20.2 Å². The summed E-state index contributed by atoms with van der Waals surface area (Å²) in [4.78, 5) is 21.9. The first-order chi connectivity index (χ1) is 11.1. The maximum atomic E-state index is 13.6. The van der Waals surface area contributed by atoms with Gasteiger partial charge in [-0.1, -0.05) is 0 Å². The van der Waals surface area contributed by atoms with Crippen LogP contribution in [0.3, 0.4) is 0 Å². The van der Waals surface area contributed by atoms with Crippen LogP contribution in [0.15, 0.2) is 24.7 Å². The molecule has 2 atom stereocenters. The molecule has 0 aliphatic carbocycles. The molecule has 3 rings (SSSR count). The molecule has 2 aromatic rings. The number of hydrogen-bond acceptors (Lipinski definition) is 5. The van der Waals surface area contributed by atoms with Crippen LogP contribution in [0.25, 0.3) is 0 Å². The van der Waals surface area contributed by atoms with Crippen molar-refractivity contribution in [3.05, 3.63) is 42.0 Å². The van der Waals surface area contributed by atoms with Crippen molar-refractivity contribution >= 4 is 5.91 Å². The molecular weight excluding hydrogens is 301 g/mol. The summed E-state index contributed by atoms with van der Waals surface area (Å²) in [5.41, 5.74) is 0.156. The van der Waals surface area contributed by atoms with Gasteiger partial charge in [0.05, 0.1) is 18.2 Å². The van der Waals surface area contributed by atoms with Crippen LogP contribution in [-0.4, -0.2) is 57.3 Å². The number of carbonyl (C=O) groups is 1. The van der Waals surface area contributed by atoms with E-state index in [0.29, 0.717) is 13.2 Å². The first kappa shape index (κ1) is 15.5. The van der Waals surface area contributed by atoms with E-state index < -0.39 is 5.82 Å². The Balaban J connectivity index is 1.61. The minimum atomic E-state index is -0.467. The highest BCUT2D eigenvalue weighted by molar-refractivity contribution is 5.78. The van der Waals surface area contributed by atoms with Crippen molar-refractivity contribution in [3.63, 3.8) is 0 Å². The number of halogens is 1. The molecule has 1 aliphatic rings. The highest BCUT2D eigenvalue weighted by atomic mass is 19.1. The number of carbonyl (C=O) groups excluding carboxylic acids is 1. The predicted molar refractivity (Wildman–Crippen MR) is 79.0 cm³/mol. The van der Waals surface area contributed by atoms with E-state index in [1.54, 1.807) is 11.9 Å². The van der Waals surface area contributed by atoms with E-state index in [1.165, 1.54) is 24.7 Å². The van der Waals surface area contributed by atoms with Crippen LogP contribution in [0.4, 0.5) is 4.39 Å². The zero-order valence-corrected chi connectivity index (χ0v) is 12.8. The molecule has 8 heteroatoms. The Bertz CT molecular complexity index is 664. The first-order valence-corrected chi connectivity index (χ1v) is 7.45. The van der Waals surface area contributed by atoms with E-state index in [-0.39, 0.29) is 30.0 Å². The summed E-state index contributed by atoms with van der Waals surface area (Å²) in [5, 5.41) is 6.71. The summed E-state index contributed by atoms with van der Waals surface area (Å²) >= 11 is 0. The van der Waals surface area contributed by atoms with Crippen LogP contribution in [0.5, 0.6) is 0 Å². The molecule has 0 spiro atoms. The number of hydrogen-bond donors (Lipinski definition) is 1. The van der Waals surface area contributed by atoms with Crippen molar-refractivity contribution in [2.24, 2.45) is 0 Å². The fourth-order valence-electron chi connectivity index (χ4n) is 2.73. The van der Waals surface area contributed by atoms with Gasteiger partial charge in [0.25, 0.3) is 0 Å². The van der Waals surface area contributed by atoms with Gasteiger partial charge in [-0.05, 0) is 18.6 Å². The molecule has 7 nitrogen and oxygen atoms in total. The van der Waals surface area contributed by atoms with E-state index in [2.05, 4.69) is 20.2 Å². The normalized spacial score (nSPS) is 20.6. The van der Waals surface area contributed by atoms with E-state index in [1.807, 2.05) is 0 Å². The van der Waals surface area contributed by atoms with Crippen LogP contribution >= 0.6 is 0 Å². The van der Waals surface area contributed by atoms with Gasteiger partial charge >= 0.3 is 0 Å². The van der Waals surface area contributed by atoms with Crippen molar-refractivity contribution in [1.29, 1.82) is 0 Å². The van der Waals surface area contributed by atoms with Gasteiger partial charge < -0.3 is 9.64 Å². The third-order valence-corrected chi connectivity index (χ3v) is 4.03. The Hall–Kier alpha value is -2.35. The fraction of sp³-hybridized carbons (Fsp3) is 0.467. The number of rotatable bonds is 5. The molecule has 0 unspecified atom stereocenters. The molecule has 2 aromatic heterocycles. The highest BCUT2D eigenvalue weighted by Crippen LogP contribution is 2.29. The second-order valence-electron chi connectivity index (χ2n) is 5.56. The third-order valence-electron chi connectivity index (χ3n) is 4.03. The predicted octanol–water partition coefficient (Wildman–Crippen LogP) is 0.912. The molecule has 0 bridgehead atoms. The van der Waals surface area contributed by atoms with Crippen molar-refractivity contribution in [2.45, 2.75) is 24.9 Å². The van der Waals surface area contributed by atoms with E-state index in [4.69, 9.17) is 4.74 Å². The van der Waals surface area contributed by atoms with Crippen molar-refractivity contribution in [3.8, 4) is 0 Å². The minimum Gasteiger partial charge on any atom is -0.376 e. The van der Waals surface area contributed by atoms with Gasteiger partial charge in [-0.3, -0.25) is 14.9 Å². The van der Waals surface area contributed by atoms with Gasteiger partial charge in [0.15, 0.2) is 0 Å². The van der Waals surface area contributed by atoms with Gasteiger partial charge in [0.2, 0.25) is 5.91 Å². The molecule has 0 radical (unpaired) electrons. The number of likely N-dealkylation sites (N-methyl/N-ethyl adjacent to an activating group) is 1. The van der Waals surface area contributed by atoms with Crippen molar-refractivity contribution in [1.82, 2.24) is 25.1 Å². The molecule has 0 aromatic carbocycles. The van der Waals surface area contributed by atoms with E-state index >= 15 is 0 Å². The average molecular weight is 319 g/mol. The molecule has 23 heavy (non-hydrogen) atoms. The summed E-state index contributed by atoms with van der Waals surface area (Å²) in [7, 11) is 1.68. The number of nitrogens with one attached hydrogen (secondary N) is 1. The monoisotopic (exact) mass is 319 g/mol. The Morgan fingerprint density at radius 1 is 1.52 bits per heavy atom. The number of aromatic nitrogens is 4. The number of amides is 1.